The van der Waals surface area contributed by atoms with Crippen molar-refractivity contribution in [2.24, 2.45) is 0 Å². The molecule has 92 valence electrons. The number of hydrogen-bond donors (Lipinski definition) is 2. The van der Waals surface area contributed by atoms with E-state index in [9.17, 15) is 4.79 Å². The number of rotatable bonds is 2. The summed E-state index contributed by atoms with van der Waals surface area (Å²) in [6, 6.07) is 3.81. The first kappa shape index (κ1) is 12.4. The number of carbonyl (C=O) groups is 1. The minimum absolute atomic E-state index is 0.0105. The van der Waals surface area contributed by atoms with E-state index in [0.717, 1.165) is 36.2 Å². The SMILES string of the molecule is Cc1cc(C)c(NC(=O)[C@@H]2CCCN2)c(Cl)c1. The molecule has 1 aromatic carbocycles. The van der Waals surface area contributed by atoms with Crippen LogP contribution in [0.2, 0.25) is 5.02 Å². The van der Waals surface area contributed by atoms with Gasteiger partial charge in [-0.25, -0.2) is 0 Å². The van der Waals surface area contributed by atoms with Crippen molar-refractivity contribution in [3.8, 4) is 0 Å². The molecule has 3 nitrogen and oxygen atoms in total. The number of hydrogen-bond acceptors (Lipinski definition) is 2. The molecule has 17 heavy (non-hydrogen) atoms. The molecule has 1 aliphatic heterocycles. The third-order valence-corrected chi connectivity index (χ3v) is 3.35. The molecule has 1 saturated heterocycles. The lowest BCUT2D eigenvalue weighted by Crippen LogP contribution is -2.35. The Morgan fingerprint density at radius 3 is 2.82 bits per heavy atom. The lowest BCUT2D eigenvalue weighted by Gasteiger charge is -2.14. The molecule has 0 saturated carbocycles. The summed E-state index contributed by atoms with van der Waals surface area (Å²) in [6.07, 6.45) is 1.95. The van der Waals surface area contributed by atoms with E-state index in [2.05, 4.69) is 10.6 Å². The monoisotopic (exact) mass is 252 g/mol. The number of amides is 1. The van der Waals surface area contributed by atoms with E-state index in [1.165, 1.54) is 0 Å². The third kappa shape index (κ3) is 2.79. The Kier molecular flexibility index (Phi) is 3.69. The molecular weight excluding hydrogens is 236 g/mol. The van der Waals surface area contributed by atoms with Gasteiger partial charge in [0.1, 0.15) is 0 Å². The van der Waals surface area contributed by atoms with Crippen molar-refractivity contribution < 1.29 is 4.79 Å². The van der Waals surface area contributed by atoms with E-state index in [1.807, 2.05) is 26.0 Å². The summed E-state index contributed by atoms with van der Waals surface area (Å²) >= 11 is 6.15. The maximum Gasteiger partial charge on any atom is 0.241 e. The Balaban J connectivity index is 2.15. The number of aryl methyl sites for hydroxylation is 2. The van der Waals surface area contributed by atoms with Crippen LogP contribution < -0.4 is 10.6 Å². The van der Waals surface area contributed by atoms with Crippen LogP contribution in [0.1, 0.15) is 24.0 Å². The molecule has 1 aliphatic rings. The first-order chi connectivity index (χ1) is 8.08. The predicted octanol–water partition coefficient (Wildman–Crippen LogP) is 2.65. The van der Waals surface area contributed by atoms with Crippen molar-refractivity contribution in [3.63, 3.8) is 0 Å². The molecule has 1 fully saturated rings. The predicted molar refractivity (Wildman–Crippen MR) is 70.6 cm³/mol. The van der Waals surface area contributed by atoms with Gasteiger partial charge in [-0.05, 0) is 50.4 Å². The van der Waals surface area contributed by atoms with Crippen LogP contribution >= 0.6 is 11.6 Å². The van der Waals surface area contributed by atoms with Crippen LogP contribution in [-0.4, -0.2) is 18.5 Å². The molecule has 0 aliphatic carbocycles. The highest BCUT2D eigenvalue weighted by molar-refractivity contribution is 6.34. The summed E-state index contributed by atoms with van der Waals surface area (Å²) in [5, 5.41) is 6.69. The molecule has 4 heteroatoms. The minimum Gasteiger partial charge on any atom is -0.323 e. The fourth-order valence-electron chi connectivity index (χ4n) is 2.19. The van der Waals surface area contributed by atoms with E-state index in [0.29, 0.717) is 5.02 Å². The zero-order valence-electron chi connectivity index (χ0n) is 10.1. The van der Waals surface area contributed by atoms with Crippen LogP contribution in [0.15, 0.2) is 12.1 Å². The lowest BCUT2D eigenvalue weighted by molar-refractivity contribution is -0.117. The van der Waals surface area contributed by atoms with Gasteiger partial charge in [0.15, 0.2) is 0 Å². The maximum absolute atomic E-state index is 12.0. The summed E-state index contributed by atoms with van der Waals surface area (Å²) in [5.41, 5.74) is 2.84. The largest absolute Gasteiger partial charge is 0.323 e. The van der Waals surface area contributed by atoms with Crippen LogP contribution in [-0.2, 0) is 4.79 Å². The van der Waals surface area contributed by atoms with Crippen molar-refractivity contribution in [2.45, 2.75) is 32.7 Å². The molecule has 2 rings (SSSR count). The number of anilines is 1. The zero-order chi connectivity index (χ0) is 12.4. The lowest BCUT2D eigenvalue weighted by atomic mass is 10.1. The van der Waals surface area contributed by atoms with Gasteiger partial charge in [0, 0.05) is 0 Å². The molecule has 0 bridgehead atoms. The molecule has 1 amide bonds. The number of carbonyl (C=O) groups excluding carboxylic acids is 1. The smallest absolute Gasteiger partial charge is 0.241 e. The van der Waals surface area contributed by atoms with Crippen molar-refractivity contribution in [2.75, 3.05) is 11.9 Å². The highest BCUT2D eigenvalue weighted by Gasteiger charge is 2.22. The van der Waals surface area contributed by atoms with E-state index in [1.54, 1.807) is 0 Å². The quantitative estimate of drug-likeness (QED) is 0.850. The molecule has 0 aromatic heterocycles. The molecular formula is C13H17ClN2O. The number of benzene rings is 1. The average Bonchev–Trinajstić information content (AvgIpc) is 2.76. The minimum atomic E-state index is -0.0771. The van der Waals surface area contributed by atoms with Gasteiger partial charge >= 0.3 is 0 Å². The molecule has 2 N–H and O–H groups in total. The summed E-state index contributed by atoms with van der Waals surface area (Å²) in [7, 11) is 0. The van der Waals surface area contributed by atoms with Crippen LogP contribution in [0.25, 0.3) is 0 Å². The highest BCUT2D eigenvalue weighted by Crippen LogP contribution is 2.27. The van der Waals surface area contributed by atoms with Crippen LogP contribution in [0, 0.1) is 13.8 Å². The van der Waals surface area contributed by atoms with Gasteiger partial charge in [0.2, 0.25) is 5.91 Å². The van der Waals surface area contributed by atoms with Crippen LogP contribution in [0.4, 0.5) is 5.69 Å². The molecule has 1 aromatic rings. The Morgan fingerprint density at radius 1 is 1.47 bits per heavy atom. The topological polar surface area (TPSA) is 41.1 Å². The van der Waals surface area contributed by atoms with Crippen molar-refractivity contribution in [1.82, 2.24) is 5.32 Å². The van der Waals surface area contributed by atoms with Gasteiger partial charge < -0.3 is 10.6 Å². The van der Waals surface area contributed by atoms with Crippen molar-refractivity contribution in [3.05, 3.63) is 28.3 Å². The van der Waals surface area contributed by atoms with E-state index in [-0.39, 0.29) is 11.9 Å². The first-order valence-electron chi connectivity index (χ1n) is 5.89. The van der Waals surface area contributed by atoms with E-state index < -0.39 is 0 Å². The normalized spacial score (nSPS) is 19.4. The van der Waals surface area contributed by atoms with Gasteiger partial charge in [-0.2, -0.15) is 0 Å². The molecule has 0 spiro atoms. The highest BCUT2D eigenvalue weighted by atomic mass is 35.5. The fourth-order valence-corrected chi connectivity index (χ4v) is 2.56. The number of nitrogens with one attached hydrogen (secondary N) is 2. The fraction of sp³-hybridized carbons (Fsp3) is 0.462. The molecule has 1 heterocycles. The second kappa shape index (κ2) is 5.07. The van der Waals surface area contributed by atoms with Gasteiger partial charge in [0.25, 0.3) is 0 Å². The van der Waals surface area contributed by atoms with Gasteiger partial charge in [-0.3, -0.25) is 4.79 Å². The van der Waals surface area contributed by atoms with Gasteiger partial charge in [-0.1, -0.05) is 17.7 Å². The average molecular weight is 253 g/mol. The summed E-state index contributed by atoms with van der Waals surface area (Å²) in [6.45, 7) is 4.86. The Labute approximate surface area is 107 Å². The van der Waals surface area contributed by atoms with Gasteiger partial charge in [-0.15, -0.1) is 0 Å². The van der Waals surface area contributed by atoms with E-state index in [4.69, 9.17) is 11.6 Å². The molecule has 0 unspecified atom stereocenters. The summed E-state index contributed by atoms with van der Waals surface area (Å²) < 4.78 is 0. The van der Waals surface area contributed by atoms with Crippen LogP contribution in [0.5, 0.6) is 0 Å². The van der Waals surface area contributed by atoms with E-state index >= 15 is 0 Å². The van der Waals surface area contributed by atoms with Crippen molar-refractivity contribution in [1.29, 1.82) is 0 Å². The molecule has 1 atom stereocenters. The second-order valence-electron chi connectivity index (χ2n) is 4.58. The van der Waals surface area contributed by atoms with Crippen molar-refractivity contribution >= 4 is 23.2 Å². The maximum atomic E-state index is 12.0. The van der Waals surface area contributed by atoms with Gasteiger partial charge in [0.05, 0.1) is 16.8 Å². The second-order valence-corrected chi connectivity index (χ2v) is 4.98. The first-order valence-corrected chi connectivity index (χ1v) is 6.26. The number of halogens is 1. The Morgan fingerprint density at radius 2 is 2.24 bits per heavy atom. The Bertz CT molecular complexity index is 416. The third-order valence-electron chi connectivity index (χ3n) is 3.06. The summed E-state index contributed by atoms with van der Waals surface area (Å²) in [4.78, 5) is 12.0. The summed E-state index contributed by atoms with van der Waals surface area (Å²) in [5.74, 6) is 0.0105. The Hall–Kier alpha value is -1.06. The molecule has 0 radical (unpaired) electrons. The van der Waals surface area contributed by atoms with Crippen LogP contribution in [0.3, 0.4) is 0 Å². The zero-order valence-corrected chi connectivity index (χ0v) is 10.9. The standard InChI is InChI=1S/C13H17ClN2O/c1-8-6-9(2)12(10(14)7-8)16-13(17)11-4-3-5-15-11/h6-7,11,15H,3-5H2,1-2H3,(H,16,17)/t11-/m0/s1.